The van der Waals surface area contributed by atoms with Gasteiger partial charge >= 0.3 is 0 Å². The lowest BCUT2D eigenvalue weighted by atomic mass is 9.95. The minimum atomic E-state index is 0.477. The molecule has 102 valence electrons. The molecule has 2 heteroatoms. The molecule has 3 rings (SSSR count). The van der Waals surface area contributed by atoms with Gasteiger partial charge in [-0.05, 0) is 62.1 Å². The van der Waals surface area contributed by atoms with E-state index in [9.17, 15) is 4.79 Å². The maximum absolute atomic E-state index is 10.9. The summed E-state index contributed by atoms with van der Waals surface area (Å²) in [6, 6.07) is 15.0. The summed E-state index contributed by atoms with van der Waals surface area (Å²) in [6.07, 6.45) is 3.20. The highest BCUT2D eigenvalue weighted by atomic mass is 16.1. The van der Waals surface area contributed by atoms with Gasteiger partial charge in [-0.1, -0.05) is 18.2 Å². The number of carbonyl (C=O) groups excluding carboxylic acids is 1. The number of hydrogen-bond donors (Lipinski definition) is 0. The standard InChI is InChI=1S/C18H19NO/c1-13-11-15(12-20)8-10-17(13)19-14(2)7-9-16-5-3-4-6-18(16)19/h3-6,8,10-12,14H,7,9H2,1-2H3. The largest absolute Gasteiger partial charge is 0.338 e. The van der Waals surface area contributed by atoms with Crippen molar-refractivity contribution < 1.29 is 4.79 Å². The first-order chi connectivity index (χ1) is 9.70. The van der Waals surface area contributed by atoms with E-state index in [0.29, 0.717) is 6.04 Å². The van der Waals surface area contributed by atoms with Gasteiger partial charge in [-0.25, -0.2) is 0 Å². The molecule has 1 unspecified atom stereocenters. The van der Waals surface area contributed by atoms with E-state index in [1.165, 1.54) is 16.9 Å². The molecular weight excluding hydrogens is 246 g/mol. The normalized spacial score (nSPS) is 17.7. The van der Waals surface area contributed by atoms with Gasteiger partial charge < -0.3 is 4.90 Å². The maximum atomic E-state index is 10.9. The molecular formula is C18H19NO. The van der Waals surface area contributed by atoms with Crippen molar-refractivity contribution in [2.24, 2.45) is 0 Å². The molecule has 2 nitrogen and oxygen atoms in total. The van der Waals surface area contributed by atoms with E-state index in [4.69, 9.17) is 0 Å². The Kier molecular flexibility index (Phi) is 3.31. The SMILES string of the molecule is Cc1cc(C=O)ccc1N1c2ccccc2CCC1C. The number of rotatable bonds is 2. The van der Waals surface area contributed by atoms with Crippen molar-refractivity contribution in [1.29, 1.82) is 0 Å². The molecule has 20 heavy (non-hydrogen) atoms. The number of aldehydes is 1. The Morgan fingerprint density at radius 2 is 1.95 bits per heavy atom. The molecule has 1 aliphatic heterocycles. The van der Waals surface area contributed by atoms with Crippen LogP contribution >= 0.6 is 0 Å². The molecule has 2 aromatic carbocycles. The monoisotopic (exact) mass is 265 g/mol. The Morgan fingerprint density at radius 3 is 2.70 bits per heavy atom. The van der Waals surface area contributed by atoms with Crippen molar-refractivity contribution in [3.8, 4) is 0 Å². The van der Waals surface area contributed by atoms with E-state index in [1.807, 2.05) is 12.1 Å². The van der Waals surface area contributed by atoms with Crippen LogP contribution in [0.15, 0.2) is 42.5 Å². The van der Waals surface area contributed by atoms with Crippen molar-refractivity contribution >= 4 is 17.7 Å². The third kappa shape index (κ3) is 2.11. The van der Waals surface area contributed by atoms with Gasteiger partial charge in [-0.3, -0.25) is 4.79 Å². The van der Waals surface area contributed by atoms with Crippen molar-refractivity contribution in [3.05, 3.63) is 59.2 Å². The summed E-state index contributed by atoms with van der Waals surface area (Å²) in [6.45, 7) is 4.34. The molecule has 0 saturated carbocycles. The predicted molar refractivity (Wildman–Crippen MR) is 82.9 cm³/mol. The summed E-state index contributed by atoms with van der Waals surface area (Å²) in [5.41, 5.74) is 5.80. The maximum Gasteiger partial charge on any atom is 0.150 e. The first-order valence-electron chi connectivity index (χ1n) is 7.13. The summed E-state index contributed by atoms with van der Waals surface area (Å²) in [7, 11) is 0. The minimum Gasteiger partial charge on any atom is -0.338 e. The van der Waals surface area contributed by atoms with E-state index in [1.54, 1.807) is 0 Å². The number of nitrogens with zero attached hydrogens (tertiary/aromatic N) is 1. The Hall–Kier alpha value is -2.09. The molecule has 0 aromatic heterocycles. The molecule has 0 radical (unpaired) electrons. The predicted octanol–water partition coefficient (Wildman–Crippen LogP) is 4.28. The molecule has 2 aromatic rings. The molecule has 0 aliphatic carbocycles. The molecule has 0 bridgehead atoms. The zero-order chi connectivity index (χ0) is 14.1. The van der Waals surface area contributed by atoms with Crippen LogP contribution in [-0.4, -0.2) is 12.3 Å². The van der Waals surface area contributed by atoms with Crippen LogP contribution in [0.4, 0.5) is 11.4 Å². The van der Waals surface area contributed by atoms with Gasteiger partial charge in [0.15, 0.2) is 0 Å². The summed E-state index contributed by atoms with van der Waals surface area (Å²) in [5, 5.41) is 0. The fourth-order valence-corrected chi connectivity index (χ4v) is 3.08. The number of carbonyl (C=O) groups is 1. The molecule has 0 spiro atoms. The first kappa shape index (κ1) is 12.9. The Morgan fingerprint density at radius 1 is 1.15 bits per heavy atom. The van der Waals surface area contributed by atoms with E-state index in [2.05, 4.69) is 49.1 Å². The Labute approximate surface area is 120 Å². The highest BCUT2D eigenvalue weighted by Gasteiger charge is 2.24. The number of para-hydroxylation sites is 1. The van der Waals surface area contributed by atoms with Crippen LogP contribution in [0.2, 0.25) is 0 Å². The Balaban J connectivity index is 2.11. The Bertz CT molecular complexity index is 648. The third-order valence-corrected chi connectivity index (χ3v) is 4.14. The van der Waals surface area contributed by atoms with Crippen LogP contribution in [-0.2, 0) is 6.42 Å². The lowest BCUT2D eigenvalue weighted by Crippen LogP contribution is -2.33. The number of hydrogen-bond acceptors (Lipinski definition) is 2. The molecule has 0 saturated heterocycles. The molecule has 0 N–H and O–H groups in total. The fraction of sp³-hybridized carbons (Fsp3) is 0.278. The van der Waals surface area contributed by atoms with Crippen LogP contribution < -0.4 is 4.90 Å². The van der Waals surface area contributed by atoms with Crippen molar-refractivity contribution in [1.82, 2.24) is 0 Å². The van der Waals surface area contributed by atoms with Crippen molar-refractivity contribution in [2.45, 2.75) is 32.7 Å². The molecule has 1 heterocycles. The van der Waals surface area contributed by atoms with Crippen molar-refractivity contribution in [2.75, 3.05) is 4.90 Å². The van der Waals surface area contributed by atoms with Gasteiger partial charge in [0.1, 0.15) is 6.29 Å². The second-order valence-corrected chi connectivity index (χ2v) is 5.55. The van der Waals surface area contributed by atoms with Gasteiger partial charge in [0.2, 0.25) is 0 Å². The van der Waals surface area contributed by atoms with Gasteiger partial charge in [0, 0.05) is 23.0 Å². The zero-order valence-corrected chi connectivity index (χ0v) is 12.0. The van der Waals surface area contributed by atoms with E-state index < -0.39 is 0 Å². The van der Waals surface area contributed by atoms with Crippen molar-refractivity contribution in [3.63, 3.8) is 0 Å². The van der Waals surface area contributed by atoms with Crippen LogP contribution in [0.5, 0.6) is 0 Å². The van der Waals surface area contributed by atoms with E-state index in [-0.39, 0.29) is 0 Å². The fourth-order valence-electron chi connectivity index (χ4n) is 3.08. The second-order valence-electron chi connectivity index (χ2n) is 5.55. The van der Waals surface area contributed by atoms with E-state index >= 15 is 0 Å². The average Bonchev–Trinajstić information content (AvgIpc) is 2.48. The van der Waals surface area contributed by atoms with Crippen LogP contribution in [0.3, 0.4) is 0 Å². The minimum absolute atomic E-state index is 0.477. The lowest BCUT2D eigenvalue weighted by Gasteiger charge is -2.38. The second kappa shape index (κ2) is 5.12. The van der Waals surface area contributed by atoms with Gasteiger partial charge in [-0.2, -0.15) is 0 Å². The van der Waals surface area contributed by atoms with Gasteiger partial charge in [0.05, 0.1) is 0 Å². The molecule has 1 atom stereocenters. The molecule has 0 fully saturated rings. The number of aryl methyl sites for hydroxylation is 2. The van der Waals surface area contributed by atoms with Crippen LogP contribution in [0, 0.1) is 6.92 Å². The third-order valence-electron chi connectivity index (χ3n) is 4.14. The van der Waals surface area contributed by atoms with Crippen LogP contribution in [0.25, 0.3) is 0 Å². The average molecular weight is 265 g/mol. The molecule has 1 aliphatic rings. The first-order valence-corrected chi connectivity index (χ1v) is 7.13. The zero-order valence-electron chi connectivity index (χ0n) is 12.0. The van der Waals surface area contributed by atoms with E-state index in [0.717, 1.165) is 30.3 Å². The topological polar surface area (TPSA) is 20.3 Å². The number of anilines is 2. The highest BCUT2D eigenvalue weighted by molar-refractivity contribution is 5.79. The van der Waals surface area contributed by atoms with Gasteiger partial charge in [0.25, 0.3) is 0 Å². The van der Waals surface area contributed by atoms with Crippen LogP contribution in [0.1, 0.15) is 34.8 Å². The molecule has 0 amide bonds. The highest BCUT2D eigenvalue weighted by Crippen LogP contribution is 2.38. The van der Waals surface area contributed by atoms with Gasteiger partial charge in [-0.15, -0.1) is 0 Å². The number of benzene rings is 2. The summed E-state index contributed by atoms with van der Waals surface area (Å²) < 4.78 is 0. The lowest BCUT2D eigenvalue weighted by molar-refractivity contribution is 0.112. The summed E-state index contributed by atoms with van der Waals surface area (Å²) >= 11 is 0. The number of fused-ring (bicyclic) bond motifs is 1. The smallest absolute Gasteiger partial charge is 0.150 e. The summed E-state index contributed by atoms with van der Waals surface area (Å²) in [4.78, 5) is 13.3. The quantitative estimate of drug-likeness (QED) is 0.755. The summed E-state index contributed by atoms with van der Waals surface area (Å²) in [5.74, 6) is 0.